The van der Waals surface area contributed by atoms with Gasteiger partial charge in [0, 0.05) is 13.1 Å². The van der Waals surface area contributed by atoms with Gasteiger partial charge in [-0.05, 0) is 18.8 Å². The van der Waals surface area contributed by atoms with Crippen molar-refractivity contribution in [2.45, 2.75) is 31.7 Å². The fraction of sp³-hybridized carbons (Fsp3) is 0.889. The highest BCUT2D eigenvalue weighted by Gasteiger charge is 2.65. The summed E-state index contributed by atoms with van der Waals surface area (Å²) in [4.78, 5) is 10.1. The maximum Gasteiger partial charge on any atom is 0.412 e. The van der Waals surface area contributed by atoms with Gasteiger partial charge in [0.15, 0.2) is 0 Å². The monoisotopic (exact) mass is 245 g/mol. The van der Waals surface area contributed by atoms with Gasteiger partial charge in [0.2, 0.25) is 0 Å². The van der Waals surface area contributed by atoms with Crippen molar-refractivity contribution in [2.75, 3.05) is 13.1 Å². The molecule has 0 unspecified atom stereocenters. The average Bonchev–Trinajstić information content (AvgIpc) is 2.17. The number of halogens is 5. The van der Waals surface area contributed by atoms with Crippen LogP contribution in [0, 0.1) is 5.92 Å². The van der Waals surface area contributed by atoms with E-state index in [0.717, 1.165) is 0 Å². The van der Waals surface area contributed by atoms with Crippen molar-refractivity contribution in [3.8, 4) is 0 Å². The molecule has 0 saturated carbocycles. The van der Waals surface area contributed by atoms with E-state index in [-0.39, 0.29) is 23.9 Å². The van der Waals surface area contributed by atoms with Crippen LogP contribution in [0.2, 0.25) is 0 Å². The minimum Gasteiger partial charge on any atom is -0.254 e. The summed E-state index contributed by atoms with van der Waals surface area (Å²) in [6.07, 6.45) is 0.651. The van der Waals surface area contributed by atoms with Gasteiger partial charge in [-0.1, -0.05) is 6.92 Å². The van der Waals surface area contributed by atoms with E-state index in [2.05, 4.69) is 0 Å². The number of carbonyl (C=O) groups excluding carboxylic acids is 1. The minimum absolute atomic E-state index is 0.168. The van der Waals surface area contributed by atoms with Crippen LogP contribution >= 0.6 is 0 Å². The first kappa shape index (κ1) is 13.3. The summed E-state index contributed by atoms with van der Waals surface area (Å²) >= 11 is 0. The summed E-state index contributed by atoms with van der Waals surface area (Å²) in [5.41, 5.74) is 0. The second-order valence-electron chi connectivity index (χ2n) is 4.06. The van der Waals surface area contributed by atoms with Crippen molar-refractivity contribution in [1.82, 2.24) is 4.90 Å². The molecule has 2 nitrogen and oxygen atoms in total. The third kappa shape index (κ3) is 2.18. The van der Waals surface area contributed by atoms with Crippen LogP contribution in [0.25, 0.3) is 0 Å². The SMILES string of the molecule is CC1CCN(C(F)(F)C(F)(F)C(=O)F)CC1. The van der Waals surface area contributed by atoms with E-state index in [0.29, 0.717) is 12.8 Å². The van der Waals surface area contributed by atoms with Gasteiger partial charge in [-0.25, -0.2) is 4.90 Å². The Morgan fingerprint density at radius 2 is 1.62 bits per heavy atom. The number of likely N-dealkylation sites (tertiary alicyclic amines) is 1. The first-order valence-electron chi connectivity index (χ1n) is 4.90. The highest BCUT2D eigenvalue weighted by Crippen LogP contribution is 2.40. The van der Waals surface area contributed by atoms with Gasteiger partial charge >= 0.3 is 18.0 Å². The first-order valence-corrected chi connectivity index (χ1v) is 4.90. The number of alkyl halides is 4. The van der Waals surface area contributed by atoms with E-state index in [1.165, 1.54) is 0 Å². The molecule has 1 aliphatic rings. The van der Waals surface area contributed by atoms with Crippen LogP contribution in [0.1, 0.15) is 19.8 Å². The number of carbonyl (C=O) groups is 1. The highest BCUT2D eigenvalue weighted by molar-refractivity contribution is 5.77. The van der Waals surface area contributed by atoms with Gasteiger partial charge in [0.1, 0.15) is 0 Å². The lowest BCUT2D eigenvalue weighted by Crippen LogP contribution is -2.59. The summed E-state index contributed by atoms with van der Waals surface area (Å²) in [6.45, 7) is 1.28. The second kappa shape index (κ2) is 4.27. The Balaban J connectivity index is 2.81. The number of rotatable bonds is 3. The highest BCUT2D eigenvalue weighted by atomic mass is 19.3. The van der Waals surface area contributed by atoms with Crippen molar-refractivity contribution in [3.63, 3.8) is 0 Å². The zero-order valence-electron chi connectivity index (χ0n) is 8.65. The molecule has 0 atom stereocenters. The van der Waals surface area contributed by atoms with Crippen LogP contribution in [0.3, 0.4) is 0 Å². The Kier molecular flexibility index (Phi) is 3.56. The lowest BCUT2D eigenvalue weighted by Gasteiger charge is -2.37. The third-order valence-electron chi connectivity index (χ3n) is 2.81. The Morgan fingerprint density at radius 3 is 2.00 bits per heavy atom. The van der Waals surface area contributed by atoms with E-state index in [1.807, 2.05) is 6.92 Å². The van der Waals surface area contributed by atoms with Crippen LogP contribution in [-0.4, -0.2) is 36.0 Å². The summed E-state index contributed by atoms with van der Waals surface area (Å²) in [6, 6.07) is -8.05. The average molecular weight is 245 g/mol. The molecule has 1 heterocycles. The van der Waals surface area contributed by atoms with Crippen LogP contribution in [0.15, 0.2) is 0 Å². The van der Waals surface area contributed by atoms with E-state index < -0.39 is 18.0 Å². The van der Waals surface area contributed by atoms with E-state index in [4.69, 9.17) is 0 Å². The Hall–Kier alpha value is -0.720. The van der Waals surface area contributed by atoms with Crippen molar-refractivity contribution in [2.24, 2.45) is 5.92 Å². The summed E-state index contributed by atoms with van der Waals surface area (Å²) in [5, 5.41) is 0. The molecule has 1 aliphatic heterocycles. The maximum atomic E-state index is 13.2. The molecule has 7 heteroatoms. The van der Waals surface area contributed by atoms with Gasteiger partial charge in [-0.2, -0.15) is 22.0 Å². The molecule has 0 spiro atoms. The molecule has 0 amide bonds. The molecule has 1 rings (SSSR count). The smallest absolute Gasteiger partial charge is 0.254 e. The van der Waals surface area contributed by atoms with Crippen molar-refractivity contribution in [1.29, 1.82) is 0 Å². The zero-order valence-corrected chi connectivity index (χ0v) is 8.65. The fourth-order valence-electron chi connectivity index (χ4n) is 1.61. The zero-order chi connectivity index (χ0) is 12.6. The molecule has 0 aromatic heterocycles. The predicted octanol–water partition coefficient (Wildman–Crippen LogP) is 2.44. The van der Waals surface area contributed by atoms with Crippen LogP contribution < -0.4 is 0 Å². The van der Waals surface area contributed by atoms with Gasteiger partial charge < -0.3 is 0 Å². The maximum absolute atomic E-state index is 13.2. The molecule has 94 valence electrons. The van der Waals surface area contributed by atoms with E-state index >= 15 is 0 Å². The number of piperidine rings is 1. The molecule has 0 N–H and O–H groups in total. The number of hydrogen-bond donors (Lipinski definition) is 0. The third-order valence-corrected chi connectivity index (χ3v) is 2.81. The lowest BCUT2D eigenvalue weighted by atomic mass is 9.98. The predicted molar refractivity (Wildman–Crippen MR) is 46.0 cm³/mol. The van der Waals surface area contributed by atoms with Gasteiger partial charge in [-0.3, -0.25) is 4.79 Å². The standard InChI is InChI=1S/C9H12F5NO/c1-6-2-4-15(5-3-6)9(13,14)8(11,12)7(10)16/h6H,2-5H2,1H3. The van der Waals surface area contributed by atoms with Crippen molar-refractivity contribution < 1.29 is 26.7 Å². The molecule has 1 saturated heterocycles. The van der Waals surface area contributed by atoms with Gasteiger partial charge in [-0.15, -0.1) is 0 Å². The molecule has 0 radical (unpaired) electrons. The summed E-state index contributed by atoms with van der Waals surface area (Å²) in [7, 11) is 0. The molecule has 16 heavy (non-hydrogen) atoms. The largest absolute Gasteiger partial charge is 0.412 e. The van der Waals surface area contributed by atoms with Crippen LogP contribution in [0.5, 0.6) is 0 Å². The Bertz CT molecular complexity index is 273. The lowest BCUT2D eigenvalue weighted by molar-refractivity contribution is -0.281. The van der Waals surface area contributed by atoms with Crippen LogP contribution in [-0.2, 0) is 4.79 Å². The Morgan fingerprint density at radius 1 is 1.19 bits per heavy atom. The van der Waals surface area contributed by atoms with Gasteiger partial charge in [0.05, 0.1) is 0 Å². The molecule has 0 aromatic rings. The molecule has 0 bridgehead atoms. The fourth-order valence-corrected chi connectivity index (χ4v) is 1.61. The van der Waals surface area contributed by atoms with E-state index in [1.54, 1.807) is 0 Å². The molecular formula is C9H12F5NO. The van der Waals surface area contributed by atoms with Crippen molar-refractivity contribution in [3.05, 3.63) is 0 Å². The first-order chi connectivity index (χ1) is 7.19. The van der Waals surface area contributed by atoms with Crippen LogP contribution in [0.4, 0.5) is 22.0 Å². The molecule has 0 aromatic carbocycles. The topological polar surface area (TPSA) is 20.3 Å². The van der Waals surface area contributed by atoms with E-state index in [9.17, 15) is 26.7 Å². The number of hydrogen-bond acceptors (Lipinski definition) is 2. The van der Waals surface area contributed by atoms with Crippen molar-refractivity contribution >= 4 is 6.04 Å². The summed E-state index contributed by atoms with van der Waals surface area (Å²) in [5.74, 6) is -5.10. The molecular weight excluding hydrogens is 233 g/mol. The quantitative estimate of drug-likeness (QED) is 0.432. The molecule has 0 aliphatic carbocycles. The normalized spacial score (nSPS) is 21.1. The second-order valence-corrected chi connectivity index (χ2v) is 4.06. The number of nitrogens with zero attached hydrogens (tertiary/aromatic N) is 1. The molecule has 1 fully saturated rings. The summed E-state index contributed by atoms with van der Waals surface area (Å²) < 4.78 is 63.7. The minimum atomic E-state index is -5.27. The van der Waals surface area contributed by atoms with Gasteiger partial charge in [0.25, 0.3) is 0 Å². The Labute approximate surface area is 89.4 Å².